The molecule has 0 aliphatic rings. The Morgan fingerprint density at radius 1 is 1.14 bits per heavy atom. The molecule has 3 rings (SSSR count). The number of pyridine rings is 1. The minimum absolute atomic E-state index is 0.123. The second kappa shape index (κ2) is 10.5. The Kier molecular flexibility index (Phi) is 7.83. The maximum atomic E-state index is 13.8. The quantitative estimate of drug-likeness (QED) is 0.368. The molecular weight excluding hydrogens is 449 g/mol. The van der Waals surface area contributed by atoms with Gasteiger partial charge in [0.1, 0.15) is 17.1 Å². The van der Waals surface area contributed by atoms with Crippen molar-refractivity contribution in [2.24, 2.45) is 0 Å². The lowest BCUT2D eigenvalue weighted by Crippen LogP contribution is -2.37. The summed E-state index contributed by atoms with van der Waals surface area (Å²) in [6.45, 7) is 13.7. The molecule has 0 bridgehead atoms. The van der Waals surface area contributed by atoms with Crippen LogP contribution in [0.4, 0.5) is 15.0 Å². The van der Waals surface area contributed by atoms with E-state index < -0.39 is 17.7 Å². The van der Waals surface area contributed by atoms with Gasteiger partial charge < -0.3 is 14.0 Å². The van der Waals surface area contributed by atoms with Crippen LogP contribution < -0.4 is 4.90 Å². The molecule has 0 atom stereocenters. The summed E-state index contributed by atoms with van der Waals surface area (Å²) in [5.41, 5.74) is 2.58. The lowest BCUT2D eigenvalue weighted by atomic mass is 10.1. The van der Waals surface area contributed by atoms with Crippen LogP contribution in [0.2, 0.25) is 0 Å². The van der Waals surface area contributed by atoms with E-state index >= 15 is 0 Å². The molecular formula is C27H34FN3O4. The maximum Gasteiger partial charge on any atom is 0.416 e. The molecule has 3 aromatic rings. The van der Waals surface area contributed by atoms with E-state index in [9.17, 15) is 14.0 Å². The summed E-state index contributed by atoms with van der Waals surface area (Å²) in [5.74, 6) is -0.395. The summed E-state index contributed by atoms with van der Waals surface area (Å²) in [5, 5.41) is 0.802. The molecule has 0 spiro atoms. The zero-order chi connectivity index (χ0) is 25.9. The monoisotopic (exact) mass is 483 g/mol. The van der Waals surface area contributed by atoms with E-state index in [0.29, 0.717) is 29.1 Å². The molecule has 0 aliphatic carbocycles. The minimum atomic E-state index is -0.738. The van der Waals surface area contributed by atoms with Gasteiger partial charge in [0, 0.05) is 18.1 Å². The van der Waals surface area contributed by atoms with Crippen molar-refractivity contribution in [1.29, 1.82) is 0 Å². The minimum Gasteiger partial charge on any atom is -0.461 e. The van der Waals surface area contributed by atoms with E-state index in [0.717, 1.165) is 22.9 Å². The summed E-state index contributed by atoms with van der Waals surface area (Å²) in [6, 6.07) is 6.29. The topological polar surface area (TPSA) is 73.7 Å². The third-order valence-electron chi connectivity index (χ3n) is 5.62. The highest BCUT2D eigenvalue weighted by atomic mass is 19.1. The fourth-order valence-electron chi connectivity index (χ4n) is 4.11. The number of fused-ring (bicyclic) bond motifs is 1. The number of benzene rings is 1. The van der Waals surface area contributed by atoms with Crippen LogP contribution in [0.3, 0.4) is 0 Å². The number of carbonyl (C=O) groups excluding carboxylic acids is 2. The van der Waals surface area contributed by atoms with Crippen molar-refractivity contribution in [3.8, 4) is 0 Å². The van der Waals surface area contributed by atoms with Gasteiger partial charge in [-0.3, -0.25) is 4.90 Å². The predicted octanol–water partition coefficient (Wildman–Crippen LogP) is 6.32. The molecule has 1 aromatic carbocycles. The Hall–Kier alpha value is -3.42. The van der Waals surface area contributed by atoms with Crippen molar-refractivity contribution >= 4 is 28.8 Å². The predicted molar refractivity (Wildman–Crippen MR) is 134 cm³/mol. The summed E-state index contributed by atoms with van der Waals surface area (Å²) < 4.78 is 26.7. The number of anilines is 1. The molecule has 0 unspecified atom stereocenters. The Labute approximate surface area is 205 Å². The molecule has 0 saturated heterocycles. The molecule has 1 amide bonds. The van der Waals surface area contributed by atoms with Gasteiger partial charge in [0.05, 0.1) is 18.7 Å². The molecule has 8 heteroatoms. The van der Waals surface area contributed by atoms with Gasteiger partial charge in [-0.15, -0.1) is 0 Å². The Bertz CT molecular complexity index is 1240. The zero-order valence-electron chi connectivity index (χ0n) is 21.6. The lowest BCUT2D eigenvalue weighted by molar-refractivity contribution is 0.0512. The highest BCUT2D eigenvalue weighted by Crippen LogP contribution is 2.34. The smallest absolute Gasteiger partial charge is 0.416 e. The van der Waals surface area contributed by atoms with Gasteiger partial charge in [0.2, 0.25) is 0 Å². The first-order chi connectivity index (χ1) is 16.5. The van der Waals surface area contributed by atoms with Crippen molar-refractivity contribution in [3.05, 3.63) is 58.7 Å². The first-order valence-corrected chi connectivity index (χ1v) is 11.9. The van der Waals surface area contributed by atoms with Crippen molar-refractivity contribution < 1.29 is 23.5 Å². The van der Waals surface area contributed by atoms with Gasteiger partial charge in [-0.2, -0.15) is 0 Å². The summed E-state index contributed by atoms with van der Waals surface area (Å²) >= 11 is 0. The zero-order valence-corrected chi connectivity index (χ0v) is 21.6. The molecule has 0 fully saturated rings. The molecule has 0 radical (unpaired) electrons. The number of hydrogen-bond donors (Lipinski definition) is 0. The summed E-state index contributed by atoms with van der Waals surface area (Å²) in [4.78, 5) is 32.4. The maximum absolute atomic E-state index is 13.8. The van der Waals surface area contributed by atoms with Crippen LogP contribution >= 0.6 is 0 Å². The van der Waals surface area contributed by atoms with Gasteiger partial charge >= 0.3 is 12.1 Å². The van der Waals surface area contributed by atoms with Crippen molar-refractivity contribution in [2.45, 2.75) is 73.6 Å². The highest BCUT2D eigenvalue weighted by Gasteiger charge is 2.30. The number of amides is 1. The van der Waals surface area contributed by atoms with Crippen LogP contribution in [-0.2, 0) is 22.6 Å². The van der Waals surface area contributed by atoms with Crippen LogP contribution in [0.1, 0.15) is 68.2 Å². The second-order valence-corrected chi connectivity index (χ2v) is 9.51. The van der Waals surface area contributed by atoms with E-state index in [1.807, 2.05) is 24.5 Å². The van der Waals surface area contributed by atoms with E-state index in [2.05, 4.69) is 4.98 Å². The average Bonchev–Trinajstić information content (AvgIpc) is 3.04. The molecule has 2 aromatic heterocycles. The van der Waals surface area contributed by atoms with E-state index in [1.54, 1.807) is 46.9 Å². The highest BCUT2D eigenvalue weighted by molar-refractivity contribution is 6.05. The van der Waals surface area contributed by atoms with Gasteiger partial charge in [-0.25, -0.2) is 19.0 Å². The normalized spacial score (nSPS) is 11.5. The number of esters is 1. The Balaban J connectivity index is 2.27. The first-order valence-electron chi connectivity index (χ1n) is 11.9. The van der Waals surface area contributed by atoms with Crippen molar-refractivity contribution in [2.75, 3.05) is 11.5 Å². The van der Waals surface area contributed by atoms with Gasteiger partial charge in [0.25, 0.3) is 0 Å². The van der Waals surface area contributed by atoms with Crippen LogP contribution in [-0.4, -0.2) is 33.8 Å². The van der Waals surface area contributed by atoms with Crippen LogP contribution in [0.15, 0.2) is 30.5 Å². The number of nitrogens with zero attached hydrogens (tertiary/aromatic N) is 3. The van der Waals surface area contributed by atoms with E-state index in [1.165, 1.54) is 17.0 Å². The molecule has 0 saturated carbocycles. The van der Waals surface area contributed by atoms with Crippen LogP contribution in [0.25, 0.3) is 10.9 Å². The SMILES string of the molecule is CCCn1c(C(=O)OCC)c(C)c2ccnc(N(Cc3ccc(F)cc3C)C(=O)OC(C)(C)C)c21. The molecule has 0 aliphatic heterocycles. The fraction of sp³-hybridized carbons (Fsp3) is 0.444. The number of ether oxygens (including phenoxy) is 2. The molecule has 35 heavy (non-hydrogen) atoms. The largest absolute Gasteiger partial charge is 0.461 e. The first kappa shape index (κ1) is 26.2. The standard InChI is InChI=1S/C27H34FN3O4/c1-8-14-30-22(25(32)34-9-2)18(4)21-12-13-29-24(23(21)30)31(26(33)35-27(5,6)7)16-19-10-11-20(28)15-17(19)3/h10-13,15H,8-9,14,16H2,1-7H3. The number of halogens is 1. The number of aryl methyl sites for hydroxylation is 3. The summed E-state index contributed by atoms with van der Waals surface area (Å²) in [7, 11) is 0. The number of rotatable bonds is 7. The van der Waals surface area contributed by atoms with Crippen LogP contribution in [0, 0.1) is 19.7 Å². The third kappa shape index (κ3) is 5.63. The molecule has 188 valence electrons. The summed E-state index contributed by atoms with van der Waals surface area (Å²) in [6.07, 6.45) is 1.79. The lowest BCUT2D eigenvalue weighted by Gasteiger charge is -2.28. The van der Waals surface area contributed by atoms with Gasteiger partial charge in [-0.05, 0) is 82.9 Å². The Morgan fingerprint density at radius 3 is 2.46 bits per heavy atom. The Morgan fingerprint density at radius 2 is 1.86 bits per heavy atom. The molecule has 2 heterocycles. The fourth-order valence-corrected chi connectivity index (χ4v) is 4.11. The van der Waals surface area contributed by atoms with Crippen molar-refractivity contribution in [1.82, 2.24) is 9.55 Å². The van der Waals surface area contributed by atoms with Crippen LogP contribution in [0.5, 0.6) is 0 Å². The van der Waals surface area contributed by atoms with E-state index in [4.69, 9.17) is 9.47 Å². The van der Waals surface area contributed by atoms with E-state index in [-0.39, 0.29) is 19.0 Å². The second-order valence-electron chi connectivity index (χ2n) is 9.51. The molecule has 7 nitrogen and oxygen atoms in total. The number of carbonyl (C=O) groups is 2. The third-order valence-corrected chi connectivity index (χ3v) is 5.62. The number of aromatic nitrogens is 2. The molecule has 0 N–H and O–H groups in total. The van der Waals surface area contributed by atoms with Gasteiger partial charge in [0.15, 0.2) is 5.82 Å². The van der Waals surface area contributed by atoms with Crippen molar-refractivity contribution in [3.63, 3.8) is 0 Å². The van der Waals surface area contributed by atoms with Gasteiger partial charge in [-0.1, -0.05) is 13.0 Å². The average molecular weight is 484 g/mol. The number of hydrogen-bond acceptors (Lipinski definition) is 5.